The molecule has 3 aromatic carbocycles. The van der Waals surface area contributed by atoms with Crippen LogP contribution in [0, 0.1) is 6.92 Å². The van der Waals surface area contributed by atoms with Crippen LogP contribution in [0.3, 0.4) is 0 Å². The van der Waals surface area contributed by atoms with E-state index in [1.807, 2.05) is 54.1 Å². The Labute approximate surface area is 179 Å². The van der Waals surface area contributed by atoms with Crippen molar-refractivity contribution in [2.75, 3.05) is 16.4 Å². The molecule has 2 amide bonds. The Kier molecular flexibility index (Phi) is 5.41. The van der Waals surface area contributed by atoms with E-state index in [2.05, 4.69) is 15.7 Å². The zero-order chi connectivity index (χ0) is 22.0. The van der Waals surface area contributed by atoms with E-state index in [0.717, 1.165) is 27.8 Å². The van der Waals surface area contributed by atoms with Gasteiger partial charge in [0.15, 0.2) is 0 Å². The minimum atomic E-state index is -0.212. The first kappa shape index (κ1) is 20.2. The van der Waals surface area contributed by atoms with Crippen molar-refractivity contribution in [3.8, 4) is 0 Å². The maximum absolute atomic E-state index is 12.5. The second kappa shape index (κ2) is 8.31. The van der Waals surface area contributed by atoms with Gasteiger partial charge in [0, 0.05) is 29.3 Å². The van der Waals surface area contributed by atoms with Crippen molar-refractivity contribution < 1.29 is 9.59 Å². The van der Waals surface area contributed by atoms with Crippen LogP contribution in [0.2, 0.25) is 0 Å². The van der Waals surface area contributed by atoms with Crippen LogP contribution in [-0.4, -0.2) is 21.6 Å². The number of carbonyl (C=O) groups excluding carboxylic acids is 2. The summed E-state index contributed by atoms with van der Waals surface area (Å²) in [6.45, 7) is 4.07. The number of nitrogen functional groups attached to an aromatic ring is 1. The highest BCUT2D eigenvalue weighted by atomic mass is 16.2. The Morgan fingerprint density at radius 1 is 1.00 bits per heavy atom. The van der Waals surface area contributed by atoms with Gasteiger partial charge < -0.3 is 16.4 Å². The largest absolute Gasteiger partial charge is 0.397 e. The predicted octanol–water partition coefficient (Wildman–Crippen LogP) is 4.19. The molecule has 0 saturated carbocycles. The molecule has 1 aromatic heterocycles. The van der Waals surface area contributed by atoms with Gasteiger partial charge in [0.2, 0.25) is 5.91 Å². The normalized spacial score (nSPS) is 10.8. The van der Waals surface area contributed by atoms with E-state index in [1.54, 1.807) is 24.3 Å². The average Bonchev–Trinajstić information content (AvgIpc) is 3.04. The van der Waals surface area contributed by atoms with Crippen LogP contribution in [0.5, 0.6) is 0 Å². The summed E-state index contributed by atoms with van der Waals surface area (Å²) in [4.78, 5) is 23.8. The summed E-state index contributed by atoms with van der Waals surface area (Å²) in [6, 6.07) is 20.3. The number of anilines is 3. The van der Waals surface area contributed by atoms with Gasteiger partial charge in [-0.1, -0.05) is 24.3 Å². The zero-order valence-electron chi connectivity index (χ0n) is 17.3. The maximum atomic E-state index is 12.5. The second-order valence-electron chi connectivity index (χ2n) is 7.39. The molecule has 7 heteroatoms. The Balaban J connectivity index is 1.50. The summed E-state index contributed by atoms with van der Waals surface area (Å²) in [6.07, 6.45) is 0. The van der Waals surface area contributed by atoms with Crippen molar-refractivity contribution in [3.63, 3.8) is 0 Å². The molecule has 4 N–H and O–H groups in total. The van der Waals surface area contributed by atoms with Crippen molar-refractivity contribution in [3.05, 3.63) is 83.6 Å². The van der Waals surface area contributed by atoms with Gasteiger partial charge in [0.05, 0.1) is 23.4 Å². The monoisotopic (exact) mass is 413 g/mol. The van der Waals surface area contributed by atoms with Crippen LogP contribution in [0.25, 0.3) is 10.9 Å². The number of nitrogens with two attached hydrogens (primary N) is 1. The maximum Gasteiger partial charge on any atom is 0.255 e. The van der Waals surface area contributed by atoms with Gasteiger partial charge in [-0.15, -0.1) is 0 Å². The molecule has 0 fully saturated rings. The first-order valence-electron chi connectivity index (χ1n) is 9.90. The lowest BCUT2D eigenvalue weighted by molar-refractivity contribution is -0.114. The molecular formula is C24H23N5O2. The van der Waals surface area contributed by atoms with Gasteiger partial charge in [0.25, 0.3) is 5.91 Å². The fraction of sp³-hybridized carbons (Fsp3) is 0.125. The minimum Gasteiger partial charge on any atom is -0.397 e. The molecule has 0 spiro atoms. The number of carbonyl (C=O) groups is 2. The molecule has 31 heavy (non-hydrogen) atoms. The van der Waals surface area contributed by atoms with Crippen molar-refractivity contribution in [1.29, 1.82) is 0 Å². The smallest absolute Gasteiger partial charge is 0.255 e. The molecular weight excluding hydrogens is 390 g/mol. The molecule has 0 saturated heterocycles. The van der Waals surface area contributed by atoms with E-state index < -0.39 is 0 Å². The van der Waals surface area contributed by atoms with Crippen LogP contribution in [0.15, 0.2) is 66.7 Å². The van der Waals surface area contributed by atoms with Crippen molar-refractivity contribution in [1.82, 2.24) is 9.78 Å². The number of nitrogens with zero attached hydrogens (tertiary/aromatic N) is 2. The Bertz CT molecular complexity index is 1280. The number of hydrogen-bond donors (Lipinski definition) is 3. The van der Waals surface area contributed by atoms with Gasteiger partial charge in [-0.3, -0.25) is 14.3 Å². The van der Waals surface area contributed by atoms with E-state index in [9.17, 15) is 9.59 Å². The molecule has 0 bridgehead atoms. The Hall–Kier alpha value is -4.13. The summed E-state index contributed by atoms with van der Waals surface area (Å²) >= 11 is 0. The van der Waals surface area contributed by atoms with Crippen LogP contribution in [0.4, 0.5) is 17.1 Å². The summed E-state index contributed by atoms with van der Waals surface area (Å²) in [5.74, 6) is -0.328. The highest BCUT2D eigenvalue weighted by molar-refractivity contribution is 6.05. The number of fused-ring (bicyclic) bond motifs is 1. The Morgan fingerprint density at radius 3 is 2.45 bits per heavy atom. The van der Waals surface area contributed by atoms with Gasteiger partial charge in [0.1, 0.15) is 0 Å². The minimum absolute atomic E-state index is 0.116. The van der Waals surface area contributed by atoms with E-state index in [-0.39, 0.29) is 11.8 Å². The third kappa shape index (κ3) is 4.40. The fourth-order valence-corrected chi connectivity index (χ4v) is 3.44. The molecule has 0 aliphatic rings. The second-order valence-corrected chi connectivity index (χ2v) is 7.39. The van der Waals surface area contributed by atoms with Crippen LogP contribution >= 0.6 is 0 Å². The molecule has 7 nitrogen and oxygen atoms in total. The highest BCUT2D eigenvalue weighted by Gasteiger charge is 2.11. The molecule has 0 atom stereocenters. The van der Waals surface area contributed by atoms with Crippen LogP contribution < -0.4 is 16.4 Å². The van der Waals surface area contributed by atoms with Gasteiger partial charge in [-0.2, -0.15) is 5.10 Å². The standard InChI is InChI=1S/C24H23N5O2/c1-15-20-12-11-19(26-16(2)30)13-23(20)28-29(15)14-17-7-9-18(10-8-17)24(31)27-22-6-4-3-5-21(22)25/h3-13H,14,25H2,1-2H3,(H,26,30)(H,27,31). The van der Waals surface area contributed by atoms with Crippen molar-refractivity contribution in [2.45, 2.75) is 20.4 Å². The van der Waals surface area contributed by atoms with Gasteiger partial charge in [-0.25, -0.2) is 0 Å². The van der Waals surface area contributed by atoms with Crippen molar-refractivity contribution in [2.24, 2.45) is 0 Å². The van der Waals surface area contributed by atoms with E-state index in [1.165, 1.54) is 6.92 Å². The lowest BCUT2D eigenvalue weighted by Gasteiger charge is -2.09. The number of rotatable bonds is 5. The third-order valence-corrected chi connectivity index (χ3v) is 5.08. The summed E-state index contributed by atoms with van der Waals surface area (Å²) in [5.41, 5.74) is 11.2. The van der Waals surface area contributed by atoms with Crippen LogP contribution in [-0.2, 0) is 11.3 Å². The molecule has 0 unspecified atom stereocenters. The highest BCUT2D eigenvalue weighted by Crippen LogP contribution is 2.23. The quantitative estimate of drug-likeness (QED) is 0.427. The fourth-order valence-electron chi connectivity index (χ4n) is 3.44. The molecule has 4 aromatic rings. The molecule has 0 aliphatic heterocycles. The van der Waals surface area contributed by atoms with Gasteiger partial charge in [-0.05, 0) is 55.0 Å². The number of amides is 2. The first-order chi connectivity index (χ1) is 14.9. The SMILES string of the molecule is CC(=O)Nc1ccc2c(C)n(Cc3ccc(C(=O)Nc4ccccc4N)cc3)nc2c1. The number of benzene rings is 3. The number of para-hydroxylation sites is 2. The van der Waals surface area contributed by atoms with E-state index >= 15 is 0 Å². The summed E-state index contributed by atoms with van der Waals surface area (Å²) in [7, 11) is 0. The zero-order valence-corrected chi connectivity index (χ0v) is 17.3. The lowest BCUT2D eigenvalue weighted by atomic mass is 10.1. The Morgan fingerprint density at radius 2 is 1.74 bits per heavy atom. The molecule has 4 rings (SSSR count). The van der Waals surface area contributed by atoms with E-state index in [4.69, 9.17) is 5.73 Å². The number of aryl methyl sites for hydroxylation is 1. The topological polar surface area (TPSA) is 102 Å². The first-order valence-corrected chi connectivity index (χ1v) is 9.90. The molecule has 1 heterocycles. The number of hydrogen-bond acceptors (Lipinski definition) is 4. The average molecular weight is 413 g/mol. The van der Waals surface area contributed by atoms with E-state index in [0.29, 0.717) is 23.5 Å². The number of aromatic nitrogens is 2. The number of nitrogens with one attached hydrogen (secondary N) is 2. The lowest BCUT2D eigenvalue weighted by Crippen LogP contribution is -2.13. The third-order valence-electron chi connectivity index (χ3n) is 5.08. The van der Waals surface area contributed by atoms with Crippen LogP contribution in [0.1, 0.15) is 28.5 Å². The molecule has 0 radical (unpaired) electrons. The molecule has 156 valence electrons. The van der Waals surface area contributed by atoms with Gasteiger partial charge >= 0.3 is 0 Å². The van der Waals surface area contributed by atoms with Crippen molar-refractivity contribution >= 4 is 39.8 Å². The molecule has 0 aliphatic carbocycles. The predicted molar refractivity (Wildman–Crippen MR) is 123 cm³/mol. The summed E-state index contributed by atoms with van der Waals surface area (Å²) < 4.78 is 1.92. The summed E-state index contributed by atoms with van der Waals surface area (Å²) in [5, 5.41) is 11.3.